The lowest BCUT2D eigenvalue weighted by Crippen LogP contribution is -2.38. The highest BCUT2D eigenvalue weighted by molar-refractivity contribution is 7.89. The van der Waals surface area contributed by atoms with Crippen molar-refractivity contribution in [3.8, 4) is 0 Å². The molecule has 0 radical (unpaired) electrons. The fraction of sp³-hybridized carbons (Fsp3) is 1.00. The summed E-state index contributed by atoms with van der Waals surface area (Å²) >= 11 is 0. The van der Waals surface area contributed by atoms with E-state index < -0.39 is 10.0 Å². The molecule has 1 fully saturated rings. The van der Waals surface area contributed by atoms with Crippen LogP contribution in [0.2, 0.25) is 0 Å². The average Bonchev–Trinajstić information content (AvgIpc) is 2.50. The van der Waals surface area contributed by atoms with Crippen molar-refractivity contribution in [3.63, 3.8) is 0 Å². The van der Waals surface area contributed by atoms with Gasteiger partial charge in [0, 0.05) is 5.41 Å². The van der Waals surface area contributed by atoms with Gasteiger partial charge in [-0.15, -0.1) is 0 Å². The van der Waals surface area contributed by atoms with E-state index >= 15 is 0 Å². The summed E-state index contributed by atoms with van der Waals surface area (Å²) in [6, 6.07) is 0. The first-order chi connectivity index (χ1) is 8.37. The molecule has 5 heteroatoms. The van der Waals surface area contributed by atoms with Gasteiger partial charge in [-0.25, -0.2) is 13.6 Å². The minimum absolute atomic E-state index is 0.0659. The van der Waals surface area contributed by atoms with Gasteiger partial charge in [-0.05, 0) is 26.2 Å². The Hall–Kier alpha value is -0.130. The molecule has 0 heterocycles. The molecule has 0 aromatic carbocycles. The van der Waals surface area contributed by atoms with Crippen LogP contribution in [0.1, 0.15) is 58.8 Å². The second-order valence-electron chi connectivity index (χ2n) is 5.75. The van der Waals surface area contributed by atoms with Crippen LogP contribution in [0, 0.1) is 5.41 Å². The summed E-state index contributed by atoms with van der Waals surface area (Å²) in [7, 11) is -3.43. The zero-order chi connectivity index (χ0) is 13.6. The Kier molecular flexibility index (Phi) is 6.08. The Morgan fingerprint density at radius 3 is 2.22 bits per heavy atom. The van der Waals surface area contributed by atoms with Gasteiger partial charge in [-0.1, -0.05) is 32.6 Å². The maximum Gasteiger partial charge on any atom is 0.209 e. The first kappa shape index (κ1) is 15.9. The van der Waals surface area contributed by atoms with Gasteiger partial charge in [0.1, 0.15) is 0 Å². The number of sulfonamides is 1. The first-order valence-electron chi connectivity index (χ1n) is 6.99. The largest absolute Gasteiger partial charge is 0.378 e. The predicted molar refractivity (Wildman–Crippen MR) is 73.8 cm³/mol. The zero-order valence-corrected chi connectivity index (χ0v) is 12.5. The van der Waals surface area contributed by atoms with Gasteiger partial charge in [0.25, 0.3) is 0 Å². The van der Waals surface area contributed by atoms with Gasteiger partial charge < -0.3 is 4.74 Å². The predicted octanol–water partition coefficient (Wildman–Crippen LogP) is 2.43. The molecule has 1 unspecified atom stereocenters. The van der Waals surface area contributed by atoms with Crippen LogP contribution in [0.5, 0.6) is 0 Å². The van der Waals surface area contributed by atoms with E-state index in [0.29, 0.717) is 6.61 Å². The molecule has 1 atom stereocenters. The Morgan fingerprint density at radius 2 is 1.78 bits per heavy atom. The summed E-state index contributed by atoms with van der Waals surface area (Å²) in [5, 5.41) is 5.26. The minimum atomic E-state index is -3.43. The molecule has 0 amide bonds. The van der Waals surface area contributed by atoms with Crippen molar-refractivity contribution in [2.75, 3.05) is 12.4 Å². The summed E-state index contributed by atoms with van der Waals surface area (Å²) < 4.78 is 28.7. The molecule has 0 aromatic heterocycles. The van der Waals surface area contributed by atoms with E-state index in [1.165, 1.54) is 12.8 Å². The van der Waals surface area contributed by atoms with Gasteiger partial charge in [-0.2, -0.15) is 0 Å². The van der Waals surface area contributed by atoms with Crippen LogP contribution >= 0.6 is 0 Å². The zero-order valence-electron chi connectivity index (χ0n) is 11.7. The lowest BCUT2D eigenvalue weighted by molar-refractivity contribution is -0.000757. The van der Waals surface area contributed by atoms with Gasteiger partial charge in [0.05, 0.1) is 18.5 Å². The molecule has 1 aliphatic rings. The van der Waals surface area contributed by atoms with Crippen LogP contribution in [0.15, 0.2) is 0 Å². The molecule has 0 aromatic rings. The summed E-state index contributed by atoms with van der Waals surface area (Å²) in [5.41, 5.74) is -0.256. The minimum Gasteiger partial charge on any atom is -0.378 e. The summed E-state index contributed by atoms with van der Waals surface area (Å²) in [6.45, 7) is 4.63. The lowest BCUT2D eigenvalue weighted by atomic mass is 9.83. The standard InChI is InChI=1S/C13H27NO3S/c1-3-12(2)17-10-13(11-18(14,15)16)8-6-4-5-7-9-13/h12H,3-11H2,1-2H3,(H2,14,15,16). The molecule has 0 spiro atoms. The fourth-order valence-corrected chi connectivity index (χ4v) is 3.90. The highest BCUT2D eigenvalue weighted by atomic mass is 32.2. The van der Waals surface area contributed by atoms with E-state index in [-0.39, 0.29) is 17.3 Å². The topological polar surface area (TPSA) is 69.4 Å². The molecule has 2 N–H and O–H groups in total. The number of primary sulfonamides is 1. The maximum absolute atomic E-state index is 11.5. The summed E-state index contributed by atoms with van der Waals surface area (Å²) in [4.78, 5) is 0. The van der Waals surface area contributed by atoms with E-state index in [4.69, 9.17) is 9.88 Å². The van der Waals surface area contributed by atoms with E-state index in [1.807, 2.05) is 6.92 Å². The fourth-order valence-electron chi connectivity index (χ4n) is 2.67. The Morgan fingerprint density at radius 1 is 1.22 bits per heavy atom. The van der Waals surface area contributed by atoms with Gasteiger partial charge in [-0.3, -0.25) is 0 Å². The molecular formula is C13H27NO3S. The molecule has 4 nitrogen and oxygen atoms in total. The third kappa shape index (κ3) is 5.67. The Balaban J connectivity index is 2.72. The quantitative estimate of drug-likeness (QED) is 0.758. The van der Waals surface area contributed by atoms with E-state index in [2.05, 4.69) is 6.92 Å². The van der Waals surface area contributed by atoms with Gasteiger partial charge >= 0.3 is 0 Å². The molecule has 0 bridgehead atoms. The maximum atomic E-state index is 11.5. The van der Waals surface area contributed by atoms with Crippen LogP contribution in [0.3, 0.4) is 0 Å². The third-order valence-electron chi connectivity index (χ3n) is 3.92. The van der Waals surface area contributed by atoms with Crippen molar-refractivity contribution in [2.45, 2.75) is 64.9 Å². The van der Waals surface area contributed by atoms with E-state index in [1.54, 1.807) is 0 Å². The van der Waals surface area contributed by atoms with Crippen molar-refractivity contribution in [1.82, 2.24) is 0 Å². The summed E-state index contributed by atoms with van der Waals surface area (Å²) in [6.07, 6.45) is 7.51. The van der Waals surface area contributed by atoms with Crippen molar-refractivity contribution in [3.05, 3.63) is 0 Å². The SMILES string of the molecule is CCC(C)OCC1(CS(N)(=O)=O)CCCCCC1. The second kappa shape index (κ2) is 6.87. The molecule has 1 rings (SSSR count). The van der Waals surface area contributed by atoms with Crippen LogP contribution in [0.4, 0.5) is 0 Å². The number of rotatable bonds is 6. The first-order valence-corrected chi connectivity index (χ1v) is 8.70. The highest BCUT2D eigenvalue weighted by Gasteiger charge is 2.35. The van der Waals surface area contributed by atoms with Crippen LogP contribution < -0.4 is 5.14 Å². The third-order valence-corrected chi connectivity index (χ3v) is 4.94. The molecule has 18 heavy (non-hydrogen) atoms. The monoisotopic (exact) mass is 277 g/mol. The number of hydrogen-bond acceptors (Lipinski definition) is 3. The lowest BCUT2D eigenvalue weighted by Gasteiger charge is -2.32. The van der Waals surface area contributed by atoms with E-state index in [9.17, 15) is 8.42 Å². The van der Waals surface area contributed by atoms with E-state index in [0.717, 1.165) is 32.1 Å². The normalized spacial score (nSPS) is 22.4. The number of hydrogen-bond donors (Lipinski definition) is 1. The van der Waals surface area contributed by atoms with Crippen LogP contribution in [-0.4, -0.2) is 26.9 Å². The van der Waals surface area contributed by atoms with Crippen LogP contribution in [-0.2, 0) is 14.8 Å². The van der Waals surface area contributed by atoms with Gasteiger partial charge in [0.2, 0.25) is 10.0 Å². The molecule has 0 aliphatic heterocycles. The summed E-state index contributed by atoms with van der Waals surface area (Å²) in [5.74, 6) is 0.0659. The molecular weight excluding hydrogens is 250 g/mol. The van der Waals surface area contributed by atoms with Crippen molar-refractivity contribution >= 4 is 10.0 Å². The number of ether oxygens (including phenoxy) is 1. The smallest absolute Gasteiger partial charge is 0.209 e. The van der Waals surface area contributed by atoms with Crippen LogP contribution in [0.25, 0.3) is 0 Å². The Labute approximate surface area is 111 Å². The van der Waals surface area contributed by atoms with Crippen molar-refractivity contribution in [2.24, 2.45) is 10.6 Å². The highest BCUT2D eigenvalue weighted by Crippen LogP contribution is 2.36. The average molecular weight is 277 g/mol. The van der Waals surface area contributed by atoms with Crippen molar-refractivity contribution in [1.29, 1.82) is 0 Å². The van der Waals surface area contributed by atoms with Gasteiger partial charge in [0.15, 0.2) is 0 Å². The molecule has 0 saturated heterocycles. The number of nitrogens with two attached hydrogens (primary N) is 1. The molecule has 108 valence electrons. The second-order valence-corrected chi connectivity index (χ2v) is 7.37. The molecule has 1 aliphatic carbocycles. The van der Waals surface area contributed by atoms with Crippen molar-refractivity contribution < 1.29 is 13.2 Å². The Bertz CT molecular complexity index is 332. The molecule has 1 saturated carbocycles.